The van der Waals surface area contributed by atoms with E-state index < -0.39 is 0 Å². The van der Waals surface area contributed by atoms with Crippen LogP contribution in [0.1, 0.15) is 48.3 Å². The van der Waals surface area contributed by atoms with Crippen LogP contribution in [0, 0.1) is 0 Å². The van der Waals surface area contributed by atoms with Crippen LogP contribution in [-0.2, 0) is 4.79 Å². The molecule has 2 amide bonds. The number of anilines is 1. The molecule has 2 aliphatic rings. The third kappa shape index (κ3) is 2.35. The van der Waals surface area contributed by atoms with Gasteiger partial charge >= 0.3 is 0 Å². The second kappa shape index (κ2) is 4.81. The van der Waals surface area contributed by atoms with Gasteiger partial charge in [-0.1, -0.05) is 0 Å². The second-order valence-electron chi connectivity index (χ2n) is 5.61. The molecule has 3 rings (SSSR count). The number of nitrogen functional groups attached to an aromatic ring is 1. The summed E-state index contributed by atoms with van der Waals surface area (Å²) in [5.41, 5.74) is 7.71. The highest BCUT2D eigenvalue weighted by Crippen LogP contribution is 2.42. The number of nitrogens with zero attached hydrogens (tertiary/aromatic N) is 2. The van der Waals surface area contributed by atoms with Crippen molar-refractivity contribution in [3.8, 4) is 0 Å². The molecular formula is C13H19N5O2. The predicted octanol–water partition coefficient (Wildman–Crippen LogP) is 0.220. The SMILES string of the molecule is CC(=O)NC1CCN(C(=O)c2n[nH]c(C3CC3)c2N)C1. The Morgan fingerprint density at radius 2 is 2.15 bits per heavy atom. The minimum Gasteiger partial charge on any atom is -0.395 e. The van der Waals surface area contributed by atoms with Crippen molar-refractivity contribution < 1.29 is 9.59 Å². The summed E-state index contributed by atoms with van der Waals surface area (Å²) >= 11 is 0. The highest BCUT2D eigenvalue weighted by Gasteiger charge is 2.33. The molecule has 2 heterocycles. The summed E-state index contributed by atoms with van der Waals surface area (Å²) < 4.78 is 0. The van der Waals surface area contributed by atoms with Crippen LogP contribution in [0.4, 0.5) is 5.69 Å². The number of H-pyrrole nitrogens is 1. The van der Waals surface area contributed by atoms with Gasteiger partial charge in [0.25, 0.3) is 5.91 Å². The van der Waals surface area contributed by atoms with Gasteiger partial charge in [0.05, 0.1) is 11.4 Å². The van der Waals surface area contributed by atoms with E-state index in [1.807, 2.05) is 0 Å². The Bertz CT molecular complexity index is 549. The van der Waals surface area contributed by atoms with Gasteiger partial charge in [-0.05, 0) is 19.3 Å². The minimum absolute atomic E-state index is 0.0273. The molecule has 2 fully saturated rings. The number of carbonyl (C=O) groups is 2. The maximum atomic E-state index is 12.4. The van der Waals surface area contributed by atoms with E-state index in [9.17, 15) is 9.59 Å². The zero-order valence-electron chi connectivity index (χ0n) is 11.5. The molecule has 1 aromatic heterocycles. The summed E-state index contributed by atoms with van der Waals surface area (Å²) in [7, 11) is 0. The molecule has 1 unspecified atom stereocenters. The molecule has 7 nitrogen and oxygen atoms in total. The molecule has 0 spiro atoms. The highest BCUT2D eigenvalue weighted by atomic mass is 16.2. The number of aromatic nitrogens is 2. The maximum absolute atomic E-state index is 12.4. The summed E-state index contributed by atoms with van der Waals surface area (Å²) in [5, 5.41) is 9.80. The Morgan fingerprint density at radius 3 is 2.80 bits per heavy atom. The van der Waals surface area contributed by atoms with Crippen molar-refractivity contribution in [2.75, 3.05) is 18.8 Å². The number of hydrogen-bond acceptors (Lipinski definition) is 4. The van der Waals surface area contributed by atoms with Crippen molar-refractivity contribution in [3.05, 3.63) is 11.4 Å². The van der Waals surface area contributed by atoms with E-state index in [4.69, 9.17) is 5.73 Å². The van der Waals surface area contributed by atoms with Crippen LogP contribution in [0.5, 0.6) is 0 Å². The van der Waals surface area contributed by atoms with Gasteiger partial charge in [-0.2, -0.15) is 5.10 Å². The summed E-state index contributed by atoms with van der Waals surface area (Å²) in [4.78, 5) is 25.1. The van der Waals surface area contributed by atoms with Gasteiger partial charge in [0, 0.05) is 32.0 Å². The smallest absolute Gasteiger partial charge is 0.276 e. The first-order valence-corrected chi connectivity index (χ1v) is 6.96. The van der Waals surface area contributed by atoms with E-state index in [1.54, 1.807) is 4.90 Å². The van der Waals surface area contributed by atoms with Gasteiger partial charge in [0.1, 0.15) is 0 Å². The topological polar surface area (TPSA) is 104 Å². The average molecular weight is 277 g/mol. The van der Waals surface area contributed by atoms with Crippen LogP contribution in [-0.4, -0.2) is 46.0 Å². The lowest BCUT2D eigenvalue weighted by molar-refractivity contribution is -0.119. The fourth-order valence-corrected chi connectivity index (χ4v) is 2.71. The van der Waals surface area contributed by atoms with Crippen LogP contribution >= 0.6 is 0 Å². The Balaban J connectivity index is 1.69. The highest BCUT2D eigenvalue weighted by molar-refractivity contribution is 5.98. The lowest BCUT2D eigenvalue weighted by Crippen LogP contribution is -2.37. The predicted molar refractivity (Wildman–Crippen MR) is 73.1 cm³/mol. The summed E-state index contributed by atoms with van der Waals surface area (Å²) in [5.74, 6) is 0.216. The first-order valence-electron chi connectivity index (χ1n) is 6.96. The molecule has 108 valence electrons. The summed E-state index contributed by atoms with van der Waals surface area (Å²) in [6, 6.07) is 0.0273. The van der Waals surface area contributed by atoms with E-state index in [1.165, 1.54) is 6.92 Å². The molecule has 0 aromatic carbocycles. The van der Waals surface area contributed by atoms with Crippen LogP contribution in [0.3, 0.4) is 0 Å². The van der Waals surface area contributed by atoms with Crippen LogP contribution in [0.25, 0.3) is 0 Å². The fourth-order valence-electron chi connectivity index (χ4n) is 2.71. The molecule has 4 N–H and O–H groups in total. The van der Waals surface area contributed by atoms with E-state index >= 15 is 0 Å². The number of rotatable bonds is 3. The fraction of sp³-hybridized carbons (Fsp3) is 0.615. The van der Waals surface area contributed by atoms with Crippen molar-refractivity contribution >= 4 is 17.5 Å². The Kier molecular flexibility index (Phi) is 3.11. The van der Waals surface area contributed by atoms with Gasteiger partial charge in [-0.3, -0.25) is 14.7 Å². The lowest BCUT2D eigenvalue weighted by atomic mass is 10.2. The van der Waals surface area contributed by atoms with Gasteiger partial charge in [0.15, 0.2) is 5.69 Å². The average Bonchev–Trinajstić information content (AvgIpc) is 3.01. The second-order valence-corrected chi connectivity index (χ2v) is 5.61. The first-order chi connectivity index (χ1) is 9.56. The van der Waals surface area contributed by atoms with Crippen LogP contribution in [0.2, 0.25) is 0 Å². The largest absolute Gasteiger partial charge is 0.395 e. The normalized spacial score (nSPS) is 22.1. The maximum Gasteiger partial charge on any atom is 0.276 e. The summed E-state index contributed by atoms with van der Waals surface area (Å²) in [6.07, 6.45) is 2.98. The number of amides is 2. The zero-order chi connectivity index (χ0) is 14.3. The number of likely N-dealkylation sites (tertiary alicyclic amines) is 1. The first kappa shape index (κ1) is 13.0. The molecule has 1 aromatic rings. The Labute approximate surface area is 116 Å². The summed E-state index contributed by atoms with van der Waals surface area (Å²) in [6.45, 7) is 2.62. The molecule has 1 aliphatic carbocycles. The zero-order valence-corrected chi connectivity index (χ0v) is 11.5. The molecule has 20 heavy (non-hydrogen) atoms. The van der Waals surface area contributed by atoms with Gasteiger partial charge in [-0.25, -0.2) is 0 Å². The van der Waals surface area contributed by atoms with E-state index in [0.717, 1.165) is 25.0 Å². The monoisotopic (exact) mass is 277 g/mol. The molecule has 1 aliphatic heterocycles. The van der Waals surface area contributed by atoms with Crippen molar-refractivity contribution in [2.24, 2.45) is 0 Å². The van der Waals surface area contributed by atoms with E-state index in [0.29, 0.717) is 30.4 Å². The number of nitrogens with one attached hydrogen (secondary N) is 2. The Hall–Kier alpha value is -2.05. The number of hydrogen-bond donors (Lipinski definition) is 3. The third-order valence-electron chi connectivity index (χ3n) is 3.90. The number of nitrogens with two attached hydrogens (primary N) is 1. The van der Waals surface area contributed by atoms with Crippen molar-refractivity contribution in [1.82, 2.24) is 20.4 Å². The number of carbonyl (C=O) groups excluding carboxylic acids is 2. The number of aromatic amines is 1. The van der Waals surface area contributed by atoms with Crippen molar-refractivity contribution in [3.63, 3.8) is 0 Å². The standard InChI is InChI=1S/C13H19N5O2/c1-7(19)15-9-4-5-18(6-9)13(20)12-10(14)11(16-17-12)8-2-3-8/h8-9H,2-6,14H2,1H3,(H,15,19)(H,16,17). The molecule has 7 heteroatoms. The van der Waals surface area contributed by atoms with Gasteiger partial charge in [0.2, 0.25) is 5.91 Å². The lowest BCUT2D eigenvalue weighted by Gasteiger charge is -2.15. The molecular weight excluding hydrogens is 258 g/mol. The van der Waals surface area contributed by atoms with Crippen molar-refractivity contribution in [2.45, 2.75) is 38.1 Å². The van der Waals surface area contributed by atoms with Crippen LogP contribution in [0.15, 0.2) is 0 Å². The third-order valence-corrected chi connectivity index (χ3v) is 3.90. The molecule has 1 saturated carbocycles. The van der Waals surface area contributed by atoms with Gasteiger partial charge in [-0.15, -0.1) is 0 Å². The van der Waals surface area contributed by atoms with E-state index in [-0.39, 0.29) is 17.9 Å². The quantitative estimate of drug-likeness (QED) is 0.735. The molecule has 0 radical (unpaired) electrons. The minimum atomic E-state index is -0.154. The van der Waals surface area contributed by atoms with Crippen molar-refractivity contribution in [1.29, 1.82) is 0 Å². The van der Waals surface area contributed by atoms with Crippen LogP contribution < -0.4 is 11.1 Å². The Morgan fingerprint density at radius 1 is 1.40 bits per heavy atom. The molecule has 0 bridgehead atoms. The molecule has 1 saturated heterocycles. The van der Waals surface area contributed by atoms with Gasteiger partial charge < -0.3 is 16.0 Å². The van der Waals surface area contributed by atoms with E-state index in [2.05, 4.69) is 15.5 Å². The molecule has 1 atom stereocenters.